The number of hydrogen-bond donors (Lipinski definition) is 3. The minimum absolute atomic E-state index is 0.161. The molecule has 2 rings (SSSR count). The van der Waals surface area contributed by atoms with E-state index in [0.29, 0.717) is 22.5 Å². The van der Waals surface area contributed by atoms with Crippen molar-refractivity contribution in [3.63, 3.8) is 0 Å². The molecule has 22 heavy (non-hydrogen) atoms. The molecule has 3 amide bonds. The van der Waals surface area contributed by atoms with Crippen LogP contribution in [0.15, 0.2) is 48.5 Å². The second-order valence-electron chi connectivity index (χ2n) is 4.65. The van der Waals surface area contributed by atoms with Gasteiger partial charge in [-0.2, -0.15) is 0 Å². The highest BCUT2D eigenvalue weighted by atomic mass is 16.2. The second-order valence-corrected chi connectivity index (χ2v) is 4.65. The summed E-state index contributed by atoms with van der Waals surface area (Å²) in [4.78, 5) is 34.0. The van der Waals surface area contributed by atoms with Gasteiger partial charge in [-0.15, -0.1) is 0 Å². The normalized spacial score (nSPS) is 9.86. The van der Waals surface area contributed by atoms with Crippen molar-refractivity contribution < 1.29 is 14.4 Å². The lowest BCUT2D eigenvalue weighted by molar-refractivity contribution is -0.114. The number of nitrogens with two attached hydrogens (primary N) is 1. The Morgan fingerprint density at radius 1 is 0.773 bits per heavy atom. The quantitative estimate of drug-likeness (QED) is 0.804. The molecule has 0 radical (unpaired) electrons. The lowest BCUT2D eigenvalue weighted by Gasteiger charge is -2.07. The molecule has 2 aromatic rings. The van der Waals surface area contributed by atoms with Crippen LogP contribution in [0.1, 0.15) is 27.6 Å². The molecular formula is C16H15N3O3. The summed E-state index contributed by atoms with van der Waals surface area (Å²) in [6.45, 7) is 1.42. The van der Waals surface area contributed by atoms with Crippen LogP contribution in [-0.2, 0) is 4.79 Å². The Balaban J connectivity index is 2.05. The summed E-state index contributed by atoms with van der Waals surface area (Å²) in [5, 5.41) is 5.36. The Hall–Kier alpha value is -3.15. The van der Waals surface area contributed by atoms with Gasteiger partial charge in [0.25, 0.3) is 5.91 Å². The van der Waals surface area contributed by atoms with Gasteiger partial charge < -0.3 is 16.4 Å². The zero-order valence-electron chi connectivity index (χ0n) is 11.9. The van der Waals surface area contributed by atoms with E-state index in [2.05, 4.69) is 10.6 Å². The van der Waals surface area contributed by atoms with Crippen LogP contribution in [0.4, 0.5) is 11.4 Å². The SMILES string of the molecule is CC(=O)Nc1ccc(NC(=O)c2ccc(C(N)=O)cc2)cc1. The predicted octanol–water partition coefficient (Wildman–Crippen LogP) is 2.00. The molecular weight excluding hydrogens is 282 g/mol. The fourth-order valence-corrected chi connectivity index (χ4v) is 1.83. The van der Waals surface area contributed by atoms with E-state index < -0.39 is 5.91 Å². The maximum absolute atomic E-state index is 12.1. The van der Waals surface area contributed by atoms with Gasteiger partial charge in [0.2, 0.25) is 11.8 Å². The van der Waals surface area contributed by atoms with E-state index in [9.17, 15) is 14.4 Å². The van der Waals surface area contributed by atoms with E-state index in [4.69, 9.17) is 5.73 Å². The van der Waals surface area contributed by atoms with Gasteiger partial charge in [0.15, 0.2) is 0 Å². The van der Waals surface area contributed by atoms with E-state index in [1.807, 2.05) is 0 Å². The Kier molecular flexibility index (Phi) is 4.53. The second kappa shape index (κ2) is 6.53. The third-order valence-corrected chi connectivity index (χ3v) is 2.89. The molecule has 6 nitrogen and oxygen atoms in total. The Labute approximate surface area is 127 Å². The van der Waals surface area contributed by atoms with Gasteiger partial charge in [0.05, 0.1) is 0 Å². The van der Waals surface area contributed by atoms with E-state index in [1.54, 1.807) is 24.3 Å². The van der Waals surface area contributed by atoms with Crippen molar-refractivity contribution in [3.05, 3.63) is 59.7 Å². The zero-order valence-corrected chi connectivity index (χ0v) is 11.9. The number of carbonyl (C=O) groups is 3. The third kappa shape index (κ3) is 3.92. The van der Waals surface area contributed by atoms with Gasteiger partial charge in [0, 0.05) is 29.4 Å². The van der Waals surface area contributed by atoms with Crippen molar-refractivity contribution in [1.82, 2.24) is 0 Å². The molecule has 0 aromatic heterocycles. The smallest absolute Gasteiger partial charge is 0.255 e. The first-order valence-corrected chi connectivity index (χ1v) is 6.54. The van der Waals surface area contributed by atoms with E-state index in [0.717, 1.165) is 0 Å². The fraction of sp³-hybridized carbons (Fsp3) is 0.0625. The van der Waals surface area contributed by atoms with Gasteiger partial charge in [-0.1, -0.05) is 0 Å². The van der Waals surface area contributed by atoms with Crippen LogP contribution in [0.5, 0.6) is 0 Å². The number of benzene rings is 2. The molecule has 0 aliphatic heterocycles. The highest BCUT2D eigenvalue weighted by Gasteiger charge is 2.07. The van der Waals surface area contributed by atoms with E-state index in [-0.39, 0.29) is 11.8 Å². The number of amides is 3. The summed E-state index contributed by atoms with van der Waals surface area (Å²) in [7, 11) is 0. The van der Waals surface area contributed by atoms with Crippen LogP contribution < -0.4 is 16.4 Å². The van der Waals surface area contributed by atoms with Crippen molar-refractivity contribution in [1.29, 1.82) is 0 Å². The number of anilines is 2. The third-order valence-electron chi connectivity index (χ3n) is 2.89. The summed E-state index contributed by atoms with van der Waals surface area (Å²) in [5.41, 5.74) is 7.14. The minimum Gasteiger partial charge on any atom is -0.366 e. The molecule has 0 fully saturated rings. The highest BCUT2D eigenvalue weighted by molar-refractivity contribution is 6.05. The number of carbonyl (C=O) groups excluding carboxylic acids is 3. The molecule has 0 unspecified atom stereocenters. The fourth-order valence-electron chi connectivity index (χ4n) is 1.83. The zero-order chi connectivity index (χ0) is 16.1. The topological polar surface area (TPSA) is 101 Å². The number of nitrogens with one attached hydrogen (secondary N) is 2. The van der Waals surface area contributed by atoms with Crippen molar-refractivity contribution >= 4 is 29.1 Å². The first-order valence-electron chi connectivity index (χ1n) is 6.54. The van der Waals surface area contributed by atoms with Crippen molar-refractivity contribution in [3.8, 4) is 0 Å². The molecule has 0 saturated carbocycles. The maximum Gasteiger partial charge on any atom is 0.255 e. The number of hydrogen-bond acceptors (Lipinski definition) is 3. The van der Waals surface area contributed by atoms with Crippen LogP contribution in [0.25, 0.3) is 0 Å². The Bertz CT molecular complexity index is 706. The van der Waals surface area contributed by atoms with Crippen molar-refractivity contribution in [2.24, 2.45) is 5.73 Å². The molecule has 0 bridgehead atoms. The maximum atomic E-state index is 12.1. The largest absolute Gasteiger partial charge is 0.366 e. The summed E-state index contributed by atoms with van der Waals surface area (Å²) in [5.74, 6) is -1.00. The lowest BCUT2D eigenvalue weighted by atomic mass is 10.1. The predicted molar refractivity (Wildman–Crippen MR) is 83.7 cm³/mol. The summed E-state index contributed by atoms with van der Waals surface area (Å²) >= 11 is 0. The molecule has 6 heteroatoms. The van der Waals surface area contributed by atoms with E-state index >= 15 is 0 Å². The van der Waals surface area contributed by atoms with Gasteiger partial charge in [-0.25, -0.2) is 0 Å². The first-order chi connectivity index (χ1) is 10.5. The van der Waals surface area contributed by atoms with Gasteiger partial charge in [0.1, 0.15) is 0 Å². The number of rotatable bonds is 4. The average Bonchev–Trinajstić information content (AvgIpc) is 2.49. The molecule has 0 atom stereocenters. The monoisotopic (exact) mass is 297 g/mol. The molecule has 0 aliphatic carbocycles. The molecule has 0 aliphatic rings. The molecule has 112 valence electrons. The molecule has 0 saturated heterocycles. The molecule has 0 heterocycles. The average molecular weight is 297 g/mol. The van der Waals surface area contributed by atoms with Crippen LogP contribution in [-0.4, -0.2) is 17.7 Å². The summed E-state index contributed by atoms with van der Waals surface area (Å²) in [6, 6.07) is 12.8. The standard InChI is InChI=1S/C16H15N3O3/c1-10(20)18-13-6-8-14(9-7-13)19-16(22)12-4-2-11(3-5-12)15(17)21/h2-9H,1H3,(H2,17,21)(H,18,20)(H,19,22). The number of primary amides is 1. The van der Waals surface area contributed by atoms with Crippen molar-refractivity contribution in [2.75, 3.05) is 10.6 Å². The summed E-state index contributed by atoms with van der Waals surface area (Å²) < 4.78 is 0. The van der Waals surface area contributed by atoms with Crippen LogP contribution in [0.2, 0.25) is 0 Å². The van der Waals surface area contributed by atoms with Gasteiger partial charge >= 0.3 is 0 Å². The van der Waals surface area contributed by atoms with E-state index in [1.165, 1.54) is 31.2 Å². The minimum atomic E-state index is -0.541. The van der Waals surface area contributed by atoms with Gasteiger partial charge in [-0.3, -0.25) is 14.4 Å². The van der Waals surface area contributed by atoms with Crippen LogP contribution >= 0.6 is 0 Å². The lowest BCUT2D eigenvalue weighted by Crippen LogP contribution is -2.14. The molecule has 4 N–H and O–H groups in total. The highest BCUT2D eigenvalue weighted by Crippen LogP contribution is 2.15. The summed E-state index contributed by atoms with van der Waals surface area (Å²) in [6.07, 6.45) is 0. The Morgan fingerprint density at radius 3 is 1.68 bits per heavy atom. The first kappa shape index (κ1) is 15.2. The Morgan fingerprint density at radius 2 is 1.23 bits per heavy atom. The van der Waals surface area contributed by atoms with Crippen LogP contribution in [0, 0.1) is 0 Å². The van der Waals surface area contributed by atoms with Crippen LogP contribution in [0.3, 0.4) is 0 Å². The molecule has 0 spiro atoms. The van der Waals surface area contributed by atoms with Crippen molar-refractivity contribution in [2.45, 2.75) is 6.92 Å². The van der Waals surface area contributed by atoms with Gasteiger partial charge in [-0.05, 0) is 48.5 Å². The molecule has 2 aromatic carbocycles.